The predicted octanol–water partition coefficient (Wildman–Crippen LogP) is 6.53. The van der Waals surface area contributed by atoms with Crippen LogP contribution in [0.15, 0.2) is 109 Å². The van der Waals surface area contributed by atoms with Crippen LogP contribution in [0.2, 0.25) is 0 Å². The lowest BCUT2D eigenvalue weighted by atomic mass is 10.1. The highest BCUT2D eigenvalue weighted by molar-refractivity contribution is 9.08. The van der Waals surface area contributed by atoms with Gasteiger partial charge in [0.2, 0.25) is 0 Å². The molecule has 0 heterocycles. The average molecular weight is 471 g/mol. The molecule has 30 heavy (non-hydrogen) atoms. The molecule has 0 atom stereocenters. The van der Waals surface area contributed by atoms with Gasteiger partial charge in [0.1, 0.15) is 0 Å². The highest BCUT2D eigenvalue weighted by Crippen LogP contribution is 2.47. The predicted molar refractivity (Wildman–Crippen MR) is 133 cm³/mol. The van der Waals surface area contributed by atoms with Crippen LogP contribution in [0.3, 0.4) is 0 Å². The number of halogens is 1. The molecule has 0 saturated heterocycles. The lowest BCUT2D eigenvalue weighted by Crippen LogP contribution is -2.28. The first-order valence-corrected chi connectivity index (χ1v) is 12.8. The largest absolute Gasteiger partial charge is 0.309 e. The fourth-order valence-corrected chi connectivity index (χ4v) is 8.30. The molecule has 0 aliphatic heterocycles. The summed E-state index contributed by atoms with van der Waals surface area (Å²) in [7, 11) is -3.15. The Labute approximate surface area is 184 Å². The van der Waals surface area contributed by atoms with E-state index in [1.54, 1.807) is 0 Å². The topological polar surface area (TPSA) is 17.1 Å². The Bertz CT molecular complexity index is 1330. The SMILES string of the molecule is O=P(c1ccccc1CBr)(c1cccc2ccccc12)c1cccc2ccccc12. The quantitative estimate of drug-likeness (QED) is 0.215. The van der Waals surface area contributed by atoms with E-state index in [9.17, 15) is 0 Å². The molecule has 0 amide bonds. The summed E-state index contributed by atoms with van der Waals surface area (Å²) in [6.07, 6.45) is 0. The van der Waals surface area contributed by atoms with E-state index in [2.05, 4.69) is 58.4 Å². The van der Waals surface area contributed by atoms with Crippen LogP contribution >= 0.6 is 23.1 Å². The van der Waals surface area contributed by atoms with Crippen LogP contribution in [0.25, 0.3) is 21.5 Å². The second-order valence-electron chi connectivity index (χ2n) is 7.37. The molecular weight excluding hydrogens is 451 g/mol. The number of alkyl halides is 1. The van der Waals surface area contributed by atoms with Crippen LogP contribution in [0.5, 0.6) is 0 Å². The Morgan fingerprint density at radius 1 is 0.533 bits per heavy atom. The van der Waals surface area contributed by atoms with Crippen molar-refractivity contribution in [3.8, 4) is 0 Å². The zero-order valence-corrected chi connectivity index (χ0v) is 18.8. The standard InChI is InChI=1S/C27H20BrOP/c28-19-22-11-3-6-16-25(22)30(29,26-17-7-12-20-9-1-4-14-23(20)26)27-18-8-13-21-10-2-5-15-24(21)27/h1-18H,19H2. The smallest absolute Gasteiger partial charge is 0.172 e. The molecule has 0 aromatic heterocycles. The summed E-state index contributed by atoms with van der Waals surface area (Å²) in [6.45, 7) is 0. The summed E-state index contributed by atoms with van der Waals surface area (Å²) in [5.41, 5.74) is 1.06. The number of benzene rings is 5. The minimum atomic E-state index is -3.15. The van der Waals surface area contributed by atoms with Gasteiger partial charge in [0.15, 0.2) is 7.14 Å². The maximum atomic E-state index is 15.4. The molecule has 0 fully saturated rings. The van der Waals surface area contributed by atoms with Gasteiger partial charge >= 0.3 is 0 Å². The maximum Gasteiger partial charge on any atom is 0.172 e. The van der Waals surface area contributed by atoms with E-state index in [0.717, 1.165) is 43.0 Å². The van der Waals surface area contributed by atoms with Crippen molar-refractivity contribution >= 4 is 60.5 Å². The van der Waals surface area contributed by atoms with Crippen LogP contribution in [-0.4, -0.2) is 0 Å². The average Bonchev–Trinajstić information content (AvgIpc) is 2.83. The van der Waals surface area contributed by atoms with E-state index in [0.29, 0.717) is 5.33 Å². The molecule has 5 aromatic carbocycles. The van der Waals surface area contributed by atoms with Gasteiger partial charge in [0.25, 0.3) is 0 Å². The van der Waals surface area contributed by atoms with Crippen molar-refractivity contribution in [1.82, 2.24) is 0 Å². The summed E-state index contributed by atoms with van der Waals surface area (Å²) in [5, 5.41) is 7.63. The summed E-state index contributed by atoms with van der Waals surface area (Å²) in [6, 6.07) is 36.8. The first-order valence-electron chi connectivity index (χ1n) is 9.94. The van der Waals surface area contributed by atoms with Crippen molar-refractivity contribution < 1.29 is 4.57 Å². The summed E-state index contributed by atoms with van der Waals surface area (Å²) < 4.78 is 15.4. The number of hydrogen-bond acceptors (Lipinski definition) is 1. The third-order valence-corrected chi connectivity index (χ3v) is 9.54. The van der Waals surface area contributed by atoms with Crippen LogP contribution in [0.1, 0.15) is 5.56 Å². The van der Waals surface area contributed by atoms with Gasteiger partial charge in [-0.15, -0.1) is 0 Å². The molecule has 0 N–H and O–H groups in total. The molecule has 0 unspecified atom stereocenters. The highest BCUT2D eigenvalue weighted by Gasteiger charge is 2.34. The van der Waals surface area contributed by atoms with Crippen LogP contribution in [0.4, 0.5) is 0 Å². The van der Waals surface area contributed by atoms with E-state index in [1.807, 2.05) is 66.7 Å². The monoisotopic (exact) mass is 470 g/mol. The van der Waals surface area contributed by atoms with Crippen molar-refractivity contribution in [3.63, 3.8) is 0 Å². The third-order valence-electron chi connectivity index (χ3n) is 5.69. The van der Waals surface area contributed by atoms with E-state index in [4.69, 9.17) is 0 Å². The Hall–Kier alpha value is -2.67. The van der Waals surface area contributed by atoms with Gasteiger partial charge in [0, 0.05) is 21.2 Å². The summed E-state index contributed by atoms with van der Waals surface area (Å²) in [5.74, 6) is 0. The lowest BCUT2D eigenvalue weighted by Gasteiger charge is -2.25. The zero-order valence-electron chi connectivity index (χ0n) is 16.3. The Morgan fingerprint density at radius 2 is 0.967 bits per heavy atom. The van der Waals surface area contributed by atoms with Crippen molar-refractivity contribution in [2.75, 3.05) is 0 Å². The molecule has 0 radical (unpaired) electrons. The molecule has 0 aliphatic rings. The molecule has 0 aliphatic carbocycles. The molecule has 1 nitrogen and oxygen atoms in total. The van der Waals surface area contributed by atoms with Gasteiger partial charge in [-0.05, 0) is 27.1 Å². The second kappa shape index (κ2) is 7.87. The van der Waals surface area contributed by atoms with Gasteiger partial charge in [-0.25, -0.2) is 0 Å². The number of hydrogen-bond donors (Lipinski definition) is 0. The van der Waals surface area contributed by atoms with Crippen molar-refractivity contribution in [2.45, 2.75) is 5.33 Å². The van der Waals surface area contributed by atoms with Crippen molar-refractivity contribution in [2.24, 2.45) is 0 Å². The highest BCUT2D eigenvalue weighted by atomic mass is 79.9. The molecule has 5 rings (SSSR count). The minimum Gasteiger partial charge on any atom is -0.309 e. The molecule has 146 valence electrons. The van der Waals surface area contributed by atoms with Crippen LogP contribution in [-0.2, 0) is 9.90 Å². The second-order valence-corrected chi connectivity index (χ2v) is 10.6. The van der Waals surface area contributed by atoms with E-state index in [-0.39, 0.29) is 0 Å². The Morgan fingerprint density at radius 3 is 1.53 bits per heavy atom. The van der Waals surface area contributed by atoms with Crippen molar-refractivity contribution in [3.05, 3.63) is 115 Å². The molecule has 5 aromatic rings. The van der Waals surface area contributed by atoms with Crippen molar-refractivity contribution in [1.29, 1.82) is 0 Å². The third kappa shape index (κ3) is 3.03. The first kappa shape index (κ1) is 19.3. The van der Waals surface area contributed by atoms with Gasteiger partial charge in [-0.2, -0.15) is 0 Å². The number of rotatable bonds is 4. The molecule has 0 bridgehead atoms. The summed E-state index contributed by atoms with van der Waals surface area (Å²) >= 11 is 3.62. The normalized spacial score (nSPS) is 11.8. The fraction of sp³-hybridized carbons (Fsp3) is 0.0370. The molecule has 3 heteroatoms. The number of fused-ring (bicyclic) bond motifs is 2. The van der Waals surface area contributed by atoms with Gasteiger partial charge in [0.05, 0.1) is 0 Å². The Balaban J connectivity index is 1.96. The van der Waals surface area contributed by atoms with E-state index in [1.165, 1.54) is 0 Å². The zero-order chi connectivity index (χ0) is 20.6. The summed E-state index contributed by atoms with van der Waals surface area (Å²) in [4.78, 5) is 0. The van der Waals surface area contributed by atoms with E-state index < -0.39 is 7.14 Å². The minimum absolute atomic E-state index is 0.655. The fourth-order valence-electron chi connectivity index (χ4n) is 4.29. The molecule has 0 saturated carbocycles. The van der Waals surface area contributed by atoms with Gasteiger partial charge in [-0.1, -0.05) is 125 Å². The van der Waals surface area contributed by atoms with Crippen LogP contribution < -0.4 is 15.9 Å². The van der Waals surface area contributed by atoms with E-state index >= 15 is 4.57 Å². The lowest BCUT2D eigenvalue weighted by molar-refractivity contribution is 0.592. The molecular formula is C27H20BrOP. The molecule has 0 spiro atoms. The van der Waals surface area contributed by atoms with Gasteiger partial charge < -0.3 is 4.57 Å². The first-order chi connectivity index (χ1) is 14.7. The maximum absolute atomic E-state index is 15.4. The van der Waals surface area contributed by atoms with Gasteiger partial charge in [-0.3, -0.25) is 0 Å². The Kier molecular flexibility index (Phi) is 5.06. The van der Waals surface area contributed by atoms with Crippen LogP contribution in [0, 0.1) is 0 Å².